The Hall–Kier alpha value is -2.64. The van der Waals surface area contributed by atoms with Crippen molar-refractivity contribution in [1.29, 1.82) is 0 Å². The van der Waals surface area contributed by atoms with Crippen LogP contribution in [0.15, 0.2) is 18.2 Å². The number of aromatic hydroxyl groups is 1. The van der Waals surface area contributed by atoms with Gasteiger partial charge in [-0.3, -0.25) is 4.79 Å². The molecule has 2 aliphatic rings. The molecular weight excluding hydrogens is 368 g/mol. The zero-order valence-corrected chi connectivity index (χ0v) is 17.4. The Labute approximate surface area is 171 Å². The number of phenolic OH excluding ortho intramolecular Hbond substituents is 1. The Balaban J connectivity index is 1.50. The summed E-state index contributed by atoms with van der Waals surface area (Å²) in [7, 11) is 0. The number of H-pyrrole nitrogens is 1. The van der Waals surface area contributed by atoms with Crippen LogP contribution in [0.1, 0.15) is 63.5 Å². The lowest BCUT2D eigenvalue weighted by atomic mass is 9.90. The highest BCUT2D eigenvalue weighted by Gasteiger charge is 2.53. The smallest absolute Gasteiger partial charge is 0.265 e. The summed E-state index contributed by atoms with van der Waals surface area (Å²) in [6, 6.07) is 5.77. The first-order chi connectivity index (χ1) is 13.9. The summed E-state index contributed by atoms with van der Waals surface area (Å²) in [6.45, 7) is 7.90. The summed E-state index contributed by atoms with van der Waals surface area (Å²) in [5.41, 5.74) is 1.22. The fourth-order valence-electron chi connectivity index (χ4n) is 4.37. The minimum Gasteiger partial charge on any atom is -0.508 e. The highest BCUT2D eigenvalue weighted by molar-refractivity contribution is 5.92. The molecule has 2 fully saturated rings. The van der Waals surface area contributed by atoms with Gasteiger partial charge in [0.15, 0.2) is 0 Å². The molecule has 0 spiro atoms. The monoisotopic (exact) mass is 398 g/mol. The van der Waals surface area contributed by atoms with E-state index in [1.54, 1.807) is 6.07 Å². The van der Waals surface area contributed by atoms with E-state index >= 15 is 0 Å². The molecule has 1 amide bonds. The first-order valence-electron chi connectivity index (χ1n) is 10.5. The predicted molar refractivity (Wildman–Crippen MR) is 110 cm³/mol. The minimum atomic E-state index is -0.605. The van der Waals surface area contributed by atoms with Crippen molar-refractivity contribution in [3.63, 3.8) is 0 Å². The lowest BCUT2D eigenvalue weighted by Gasteiger charge is -2.26. The highest BCUT2D eigenvalue weighted by Crippen LogP contribution is 2.51. The molecule has 2 aromatic rings. The van der Waals surface area contributed by atoms with Crippen LogP contribution in [0.5, 0.6) is 5.75 Å². The van der Waals surface area contributed by atoms with Crippen LogP contribution in [0.25, 0.3) is 0 Å². The molecule has 1 aliphatic heterocycles. The molecule has 0 radical (unpaired) electrons. The van der Waals surface area contributed by atoms with Crippen molar-refractivity contribution >= 4 is 11.9 Å². The second kappa shape index (κ2) is 7.65. The summed E-state index contributed by atoms with van der Waals surface area (Å²) in [4.78, 5) is 15.4. The number of phenols is 1. The Morgan fingerprint density at radius 1 is 1.38 bits per heavy atom. The van der Waals surface area contributed by atoms with E-state index < -0.39 is 5.41 Å². The van der Waals surface area contributed by atoms with E-state index in [2.05, 4.69) is 51.6 Å². The van der Waals surface area contributed by atoms with Crippen molar-refractivity contribution < 1.29 is 9.90 Å². The van der Waals surface area contributed by atoms with E-state index in [0.717, 1.165) is 43.4 Å². The Kier molecular flexibility index (Phi) is 5.19. The van der Waals surface area contributed by atoms with Gasteiger partial charge >= 0.3 is 0 Å². The molecule has 3 N–H and O–H groups in total. The topological polar surface area (TPSA) is 107 Å². The zero-order valence-electron chi connectivity index (χ0n) is 17.4. The van der Waals surface area contributed by atoms with Crippen molar-refractivity contribution in [2.24, 2.45) is 5.92 Å². The van der Waals surface area contributed by atoms with Gasteiger partial charge in [0.05, 0.1) is 5.41 Å². The number of amides is 1. The maximum absolute atomic E-state index is 13.3. The number of hydrogen-bond donors (Lipinski definition) is 3. The largest absolute Gasteiger partial charge is 0.508 e. The van der Waals surface area contributed by atoms with E-state index in [9.17, 15) is 9.90 Å². The number of hydrogen-bond acceptors (Lipinski definition) is 6. The fourth-order valence-corrected chi connectivity index (χ4v) is 4.37. The van der Waals surface area contributed by atoms with E-state index in [4.69, 9.17) is 0 Å². The number of carbonyl (C=O) groups excluding carboxylic acids is 1. The summed E-state index contributed by atoms with van der Waals surface area (Å²) >= 11 is 0. The van der Waals surface area contributed by atoms with Crippen molar-refractivity contribution in [1.82, 2.24) is 25.9 Å². The maximum atomic E-state index is 13.3. The van der Waals surface area contributed by atoms with Gasteiger partial charge in [-0.25, -0.2) is 0 Å². The first kappa shape index (κ1) is 19.7. The Bertz CT molecular complexity index is 862. The number of nitrogens with zero attached hydrogens (tertiary/aromatic N) is 4. The Morgan fingerprint density at radius 3 is 2.79 bits per heavy atom. The van der Waals surface area contributed by atoms with Crippen molar-refractivity contribution in [2.75, 3.05) is 18.0 Å². The number of tetrazole rings is 1. The molecule has 0 bridgehead atoms. The number of benzene rings is 1. The lowest BCUT2D eigenvalue weighted by Crippen LogP contribution is -2.47. The van der Waals surface area contributed by atoms with Gasteiger partial charge < -0.3 is 15.3 Å². The van der Waals surface area contributed by atoms with Crippen LogP contribution in [-0.2, 0) is 10.2 Å². The van der Waals surface area contributed by atoms with E-state index in [1.807, 2.05) is 12.1 Å². The molecule has 8 nitrogen and oxygen atoms in total. The standard InChI is InChI=1S/C21H30N6O2/c1-13(2)15-4-5-17(18(28)11-15)21(7-8-21)19(29)22-16-10-14(3)6-9-27(12-16)20-23-25-26-24-20/h4-5,11,13-14,16,28H,6-10,12H2,1-3H3,(H,22,29)(H,23,24,25,26). The van der Waals surface area contributed by atoms with Crippen LogP contribution in [0, 0.1) is 5.92 Å². The molecule has 1 saturated carbocycles. The van der Waals surface area contributed by atoms with Gasteiger partial charge in [0.2, 0.25) is 5.91 Å². The van der Waals surface area contributed by atoms with E-state index in [1.165, 1.54) is 0 Å². The molecule has 1 saturated heterocycles. The van der Waals surface area contributed by atoms with Crippen molar-refractivity contribution in [3.8, 4) is 5.75 Å². The van der Waals surface area contributed by atoms with E-state index in [-0.39, 0.29) is 17.7 Å². The molecule has 1 aromatic carbocycles. The SMILES string of the molecule is CC1CCN(c2nn[nH]n2)CC(NC(=O)C2(c3ccc(C(C)C)cc3O)CC2)C1. The maximum Gasteiger partial charge on any atom is 0.265 e. The van der Waals surface area contributed by atoms with E-state index in [0.29, 0.717) is 24.3 Å². The minimum absolute atomic E-state index is 0.00746. The van der Waals surface area contributed by atoms with Gasteiger partial charge in [-0.2, -0.15) is 5.21 Å². The molecule has 4 rings (SSSR count). The number of nitrogens with one attached hydrogen (secondary N) is 2. The van der Waals surface area contributed by atoms with Gasteiger partial charge in [-0.05, 0) is 54.4 Å². The lowest BCUT2D eigenvalue weighted by molar-refractivity contribution is -0.124. The molecular formula is C21H30N6O2. The fraction of sp³-hybridized carbons (Fsp3) is 0.619. The third-order valence-electron chi connectivity index (χ3n) is 6.36. The molecule has 2 unspecified atom stereocenters. The van der Waals surface area contributed by atoms with Crippen LogP contribution in [0.3, 0.4) is 0 Å². The predicted octanol–water partition coefficient (Wildman–Crippen LogP) is 2.48. The van der Waals surface area contributed by atoms with Crippen LogP contribution in [0.4, 0.5) is 5.95 Å². The molecule has 8 heteroatoms. The number of aromatic nitrogens is 4. The van der Waals surface area contributed by atoms with Crippen molar-refractivity contribution in [3.05, 3.63) is 29.3 Å². The van der Waals surface area contributed by atoms with Crippen LogP contribution >= 0.6 is 0 Å². The first-order valence-corrected chi connectivity index (χ1v) is 10.5. The Morgan fingerprint density at radius 2 is 2.17 bits per heavy atom. The van der Waals surface area contributed by atoms with Gasteiger partial charge in [-0.1, -0.05) is 38.0 Å². The molecule has 29 heavy (non-hydrogen) atoms. The third kappa shape index (κ3) is 3.93. The summed E-state index contributed by atoms with van der Waals surface area (Å²) in [5.74, 6) is 1.64. The second-order valence-corrected chi connectivity index (χ2v) is 8.97. The molecule has 156 valence electrons. The highest BCUT2D eigenvalue weighted by atomic mass is 16.3. The number of carbonyl (C=O) groups is 1. The van der Waals surface area contributed by atoms with Crippen LogP contribution in [-0.4, -0.2) is 50.8 Å². The van der Waals surface area contributed by atoms with Gasteiger partial charge in [0.1, 0.15) is 5.75 Å². The average Bonchev–Trinajstić information content (AvgIpc) is 3.35. The van der Waals surface area contributed by atoms with Gasteiger partial charge in [0.25, 0.3) is 5.95 Å². The van der Waals surface area contributed by atoms with Crippen LogP contribution in [0.2, 0.25) is 0 Å². The normalized spacial score (nSPS) is 23.7. The van der Waals surface area contributed by atoms with Gasteiger partial charge in [0, 0.05) is 24.7 Å². The average molecular weight is 399 g/mol. The number of rotatable bonds is 5. The van der Waals surface area contributed by atoms with Crippen molar-refractivity contribution in [2.45, 2.75) is 63.8 Å². The molecule has 2 heterocycles. The quantitative estimate of drug-likeness (QED) is 0.714. The summed E-state index contributed by atoms with van der Waals surface area (Å²) in [5, 5.41) is 28.2. The molecule has 2 atom stereocenters. The summed E-state index contributed by atoms with van der Waals surface area (Å²) < 4.78 is 0. The van der Waals surface area contributed by atoms with Crippen LogP contribution < -0.4 is 10.2 Å². The number of anilines is 1. The van der Waals surface area contributed by atoms with Gasteiger partial charge in [-0.15, -0.1) is 5.10 Å². The zero-order chi connectivity index (χ0) is 20.6. The number of aromatic amines is 1. The third-order valence-corrected chi connectivity index (χ3v) is 6.36. The molecule has 1 aliphatic carbocycles. The molecule has 1 aromatic heterocycles. The summed E-state index contributed by atoms with van der Waals surface area (Å²) in [6.07, 6.45) is 3.46. The second-order valence-electron chi connectivity index (χ2n) is 8.97.